The number of rotatable bonds is 1. The summed E-state index contributed by atoms with van der Waals surface area (Å²) in [5, 5.41) is 0. The predicted octanol–water partition coefficient (Wildman–Crippen LogP) is 3.88. The molecule has 0 amide bonds. The molecule has 0 aliphatic heterocycles. The Morgan fingerprint density at radius 3 is 1.91 bits per heavy atom. The molecule has 66 valence electrons. The Morgan fingerprint density at radius 1 is 1.18 bits per heavy atom. The molecule has 3 unspecified atom stereocenters. The monoisotopic (exact) mass is 154 g/mol. The van der Waals surface area contributed by atoms with Crippen molar-refractivity contribution >= 4 is 0 Å². The SMILES string of the molecule is C=CC1CC(C)CC1C.CC. The van der Waals surface area contributed by atoms with E-state index in [4.69, 9.17) is 0 Å². The standard InChI is InChI=1S/C9H16.C2H6/c1-4-9-6-7(2)5-8(9)3;1-2/h4,7-9H,1,5-6H2,2-3H3;1-2H3. The second-order valence-corrected chi connectivity index (χ2v) is 3.45. The van der Waals surface area contributed by atoms with Crippen LogP contribution in [0.3, 0.4) is 0 Å². The lowest BCUT2D eigenvalue weighted by Gasteiger charge is -2.06. The Balaban J connectivity index is 0.000000461. The molecule has 0 aromatic rings. The van der Waals surface area contributed by atoms with E-state index in [-0.39, 0.29) is 0 Å². The molecule has 1 saturated carbocycles. The largest absolute Gasteiger partial charge is 0.103 e. The second-order valence-electron chi connectivity index (χ2n) is 3.45. The zero-order chi connectivity index (χ0) is 8.85. The van der Waals surface area contributed by atoms with Gasteiger partial charge in [0.05, 0.1) is 0 Å². The van der Waals surface area contributed by atoms with Crippen LogP contribution in [-0.4, -0.2) is 0 Å². The van der Waals surface area contributed by atoms with Gasteiger partial charge in [-0.2, -0.15) is 0 Å². The molecule has 0 heteroatoms. The molecule has 3 atom stereocenters. The maximum absolute atomic E-state index is 3.83. The minimum atomic E-state index is 0.806. The highest BCUT2D eigenvalue weighted by Crippen LogP contribution is 2.35. The van der Waals surface area contributed by atoms with Gasteiger partial charge >= 0.3 is 0 Å². The van der Waals surface area contributed by atoms with Gasteiger partial charge in [0.2, 0.25) is 0 Å². The van der Waals surface area contributed by atoms with Crippen molar-refractivity contribution in [1.82, 2.24) is 0 Å². The Labute approximate surface area is 71.7 Å². The van der Waals surface area contributed by atoms with E-state index >= 15 is 0 Å². The minimum Gasteiger partial charge on any atom is -0.103 e. The summed E-state index contributed by atoms with van der Waals surface area (Å²) in [5.41, 5.74) is 0. The van der Waals surface area contributed by atoms with Crippen LogP contribution >= 0.6 is 0 Å². The first-order chi connectivity index (χ1) is 5.24. The van der Waals surface area contributed by atoms with Crippen LogP contribution in [0.2, 0.25) is 0 Å². The molecule has 0 radical (unpaired) electrons. The second kappa shape index (κ2) is 5.40. The molecular formula is C11H22. The number of hydrogen-bond acceptors (Lipinski definition) is 0. The van der Waals surface area contributed by atoms with Gasteiger partial charge in [-0.3, -0.25) is 0 Å². The maximum atomic E-state index is 3.83. The van der Waals surface area contributed by atoms with Crippen LogP contribution in [0.15, 0.2) is 12.7 Å². The first-order valence-corrected chi connectivity index (χ1v) is 4.86. The highest BCUT2D eigenvalue weighted by molar-refractivity contribution is 4.89. The summed E-state index contributed by atoms with van der Waals surface area (Å²) < 4.78 is 0. The fraction of sp³-hybridized carbons (Fsp3) is 0.818. The summed E-state index contributed by atoms with van der Waals surface area (Å²) in [6.07, 6.45) is 4.88. The third-order valence-corrected chi connectivity index (χ3v) is 2.48. The molecule has 0 bridgehead atoms. The molecule has 11 heavy (non-hydrogen) atoms. The Bertz CT molecular complexity index is 105. The summed E-state index contributed by atoms with van der Waals surface area (Å²) in [6, 6.07) is 0. The van der Waals surface area contributed by atoms with Crippen molar-refractivity contribution in [2.24, 2.45) is 17.8 Å². The van der Waals surface area contributed by atoms with Crippen LogP contribution in [0, 0.1) is 17.8 Å². The zero-order valence-electron chi connectivity index (χ0n) is 8.43. The summed E-state index contributed by atoms with van der Waals surface area (Å²) >= 11 is 0. The fourth-order valence-electron chi connectivity index (χ4n) is 1.93. The predicted molar refractivity (Wildman–Crippen MR) is 52.6 cm³/mol. The quantitative estimate of drug-likeness (QED) is 0.503. The van der Waals surface area contributed by atoms with E-state index in [9.17, 15) is 0 Å². The van der Waals surface area contributed by atoms with Crippen molar-refractivity contribution in [2.75, 3.05) is 0 Å². The normalized spacial score (nSPS) is 35.8. The minimum absolute atomic E-state index is 0.806. The smallest absolute Gasteiger partial charge is 0.0208 e. The third-order valence-electron chi connectivity index (χ3n) is 2.48. The summed E-state index contributed by atoms with van der Waals surface area (Å²) in [4.78, 5) is 0. The topological polar surface area (TPSA) is 0 Å². The molecule has 0 nitrogen and oxygen atoms in total. The Kier molecular flexibility index (Phi) is 5.27. The molecule has 1 aliphatic rings. The van der Waals surface area contributed by atoms with Gasteiger partial charge in [-0.25, -0.2) is 0 Å². The van der Waals surface area contributed by atoms with E-state index in [1.54, 1.807) is 0 Å². The molecular weight excluding hydrogens is 132 g/mol. The van der Waals surface area contributed by atoms with Crippen LogP contribution in [0.25, 0.3) is 0 Å². The molecule has 0 aromatic carbocycles. The fourth-order valence-corrected chi connectivity index (χ4v) is 1.93. The molecule has 0 N–H and O–H groups in total. The highest BCUT2D eigenvalue weighted by atomic mass is 14.3. The molecule has 1 fully saturated rings. The van der Waals surface area contributed by atoms with E-state index in [2.05, 4.69) is 26.5 Å². The summed E-state index contributed by atoms with van der Waals surface area (Å²) in [7, 11) is 0. The molecule has 0 aromatic heterocycles. The van der Waals surface area contributed by atoms with Crippen LogP contribution < -0.4 is 0 Å². The van der Waals surface area contributed by atoms with E-state index in [1.807, 2.05) is 13.8 Å². The lowest BCUT2D eigenvalue weighted by molar-refractivity contribution is 0.502. The van der Waals surface area contributed by atoms with Crippen molar-refractivity contribution in [2.45, 2.75) is 40.5 Å². The third kappa shape index (κ3) is 3.09. The highest BCUT2D eigenvalue weighted by Gasteiger charge is 2.25. The first-order valence-electron chi connectivity index (χ1n) is 4.86. The maximum Gasteiger partial charge on any atom is -0.0208 e. The van der Waals surface area contributed by atoms with Crippen molar-refractivity contribution < 1.29 is 0 Å². The van der Waals surface area contributed by atoms with Gasteiger partial charge in [-0.1, -0.05) is 33.8 Å². The van der Waals surface area contributed by atoms with Crippen LogP contribution in [0.4, 0.5) is 0 Å². The van der Waals surface area contributed by atoms with Crippen LogP contribution in [0.1, 0.15) is 40.5 Å². The van der Waals surface area contributed by atoms with Crippen molar-refractivity contribution in [3.05, 3.63) is 12.7 Å². The molecule has 0 saturated heterocycles. The lowest BCUT2D eigenvalue weighted by atomic mass is 9.99. The van der Waals surface area contributed by atoms with Gasteiger partial charge in [0, 0.05) is 0 Å². The van der Waals surface area contributed by atoms with E-state index in [1.165, 1.54) is 12.8 Å². The van der Waals surface area contributed by atoms with E-state index < -0.39 is 0 Å². The Hall–Kier alpha value is -0.260. The number of allylic oxidation sites excluding steroid dienone is 1. The first kappa shape index (κ1) is 10.7. The average Bonchev–Trinajstić information content (AvgIpc) is 2.33. The lowest BCUT2D eigenvalue weighted by Crippen LogP contribution is -1.97. The summed E-state index contributed by atoms with van der Waals surface area (Å²) in [5.74, 6) is 2.63. The van der Waals surface area contributed by atoms with Gasteiger partial charge in [0.25, 0.3) is 0 Å². The van der Waals surface area contributed by atoms with Gasteiger partial charge in [0.15, 0.2) is 0 Å². The van der Waals surface area contributed by atoms with E-state index in [0.717, 1.165) is 17.8 Å². The van der Waals surface area contributed by atoms with Crippen molar-refractivity contribution in [3.63, 3.8) is 0 Å². The van der Waals surface area contributed by atoms with Gasteiger partial charge in [-0.05, 0) is 30.6 Å². The van der Waals surface area contributed by atoms with Crippen molar-refractivity contribution in [1.29, 1.82) is 0 Å². The molecule has 0 spiro atoms. The summed E-state index contributed by atoms with van der Waals surface area (Å²) in [6.45, 7) is 12.5. The van der Waals surface area contributed by atoms with Gasteiger partial charge in [-0.15, -0.1) is 6.58 Å². The van der Waals surface area contributed by atoms with Gasteiger partial charge in [0.1, 0.15) is 0 Å². The van der Waals surface area contributed by atoms with Crippen LogP contribution in [-0.2, 0) is 0 Å². The van der Waals surface area contributed by atoms with Gasteiger partial charge < -0.3 is 0 Å². The van der Waals surface area contributed by atoms with Crippen LogP contribution in [0.5, 0.6) is 0 Å². The number of hydrogen-bond donors (Lipinski definition) is 0. The average molecular weight is 154 g/mol. The van der Waals surface area contributed by atoms with E-state index in [0.29, 0.717) is 0 Å². The molecule has 0 heterocycles. The molecule has 1 rings (SSSR count). The Morgan fingerprint density at radius 2 is 1.73 bits per heavy atom. The molecule has 1 aliphatic carbocycles. The van der Waals surface area contributed by atoms with Crippen molar-refractivity contribution in [3.8, 4) is 0 Å². The zero-order valence-corrected chi connectivity index (χ0v) is 8.43.